The first-order chi connectivity index (χ1) is 9.15. The van der Waals surface area contributed by atoms with Gasteiger partial charge in [-0.15, -0.1) is 5.10 Å². The van der Waals surface area contributed by atoms with Crippen molar-refractivity contribution in [2.75, 3.05) is 0 Å². The van der Waals surface area contributed by atoms with Gasteiger partial charge in [-0.1, -0.05) is 23.8 Å². The number of benzene rings is 1. The normalized spacial score (nSPS) is 8.74. The van der Waals surface area contributed by atoms with E-state index in [4.69, 9.17) is 14.3 Å². The molecule has 0 aliphatic heterocycles. The van der Waals surface area contributed by atoms with Crippen molar-refractivity contribution in [3.63, 3.8) is 0 Å². The molecule has 19 heavy (non-hydrogen) atoms. The summed E-state index contributed by atoms with van der Waals surface area (Å²) in [7, 11) is 0. The van der Waals surface area contributed by atoms with Gasteiger partial charge in [-0.3, -0.25) is 0 Å². The Balaban J connectivity index is 0.000000550. The van der Waals surface area contributed by atoms with Gasteiger partial charge >= 0.3 is 6.15 Å². The van der Waals surface area contributed by atoms with Crippen LogP contribution in [0.1, 0.15) is 19.4 Å². The van der Waals surface area contributed by atoms with Crippen LogP contribution in [0.15, 0.2) is 36.0 Å². The van der Waals surface area contributed by atoms with Gasteiger partial charge in [0, 0.05) is 0 Å². The standard InChI is InChI=1S/C12H13N3O.CO2/c1-9(2)7-10-3-5-11(6-4-10)16-12-8-13-15-14-12;2-1-3/h3-8H,1-2H3,(H,13,14,15);. The molecule has 0 bridgehead atoms. The SMILES string of the molecule is CC(C)=Cc1ccc(Oc2cn[nH]n2)cc1.O=C=O. The van der Waals surface area contributed by atoms with Gasteiger partial charge in [-0.05, 0) is 31.5 Å². The van der Waals surface area contributed by atoms with Gasteiger partial charge in [-0.25, -0.2) is 0 Å². The molecule has 0 saturated carbocycles. The number of nitrogens with one attached hydrogen (secondary N) is 1. The predicted molar refractivity (Wildman–Crippen MR) is 67.2 cm³/mol. The minimum atomic E-state index is 0.250. The smallest absolute Gasteiger partial charge is 0.373 e. The Bertz CT molecular complexity index is 549. The molecular formula is C13H13N3O3. The van der Waals surface area contributed by atoms with Crippen LogP contribution in [0.2, 0.25) is 0 Å². The van der Waals surface area contributed by atoms with Crippen molar-refractivity contribution in [3.8, 4) is 11.6 Å². The topological polar surface area (TPSA) is 84.9 Å². The first-order valence-corrected chi connectivity index (χ1v) is 5.43. The van der Waals surface area contributed by atoms with Crippen LogP contribution in [0.25, 0.3) is 6.08 Å². The van der Waals surface area contributed by atoms with Gasteiger partial charge in [0.1, 0.15) is 11.9 Å². The zero-order chi connectivity index (χ0) is 14.1. The first kappa shape index (κ1) is 14.3. The Morgan fingerprint density at radius 3 is 2.37 bits per heavy atom. The summed E-state index contributed by atoms with van der Waals surface area (Å²) in [5.41, 5.74) is 2.43. The molecule has 0 fully saturated rings. The van der Waals surface area contributed by atoms with Gasteiger partial charge in [0.05, 0.1) is 0 Å². The molecule has 0 saturated heterocycles. The molecule has 0 atom stereocenters. The van der Waals surface area contributed by atoms with Crippen LogP contribution in [-0.2, 0) is 9.59 Å². The molecule has 1 N–H and O–H groups in total. The van der Waals surface area contributed by atoms with E-state index in [1.807, 2.05) is 24.3 Å². The molecular weight excluding hydrogens is 246 g/mol. The predicted octanol–water partition coefficient (Wildman–Crippen LogP) is 2.44. The number of carbonyl (C=O) groups excluding carboxylic acids is 2. The lowest BCUT2D eigenvalue weighted by atomic mass is 10.1. The van der Waals surface area contributed by atoms with Gasteiger partial charge in [0.2, 0.25) is 0 Å². The minimum Gasteiger partial charge on any atom is -0.436 e. The molecule has 6 heteroatoms. The van der Waals surface area contributed by atoms with Crippen LogP contribution in [0.5, 0.6) is 11.6 Å². The third kappa shape index (κ3) is 5.43. The Labute approximate surface area is 110 Å². The maximum atomic E-state index is 8.12. The number of ether oxygens (including phenoxy) is 1. The second kappa shape index (κ2) is 7.58. The van der Waals surface area contributed by atoms with E-state index in [9.17, 15) is 0 Å². The van der Waals surface area contributed by atoms with Gasteiger partial charge in [0.15, 0.2) is 0 Å². The molecule has 0 amide bonds. The lowest BCUT2D eigenvalue weighted by Crippen LogP contribution is -1.84. The largest absolute Gasteiger partial charge is 0.436 e. The average molecular weight is 259 g/mol. The summed E-state index contributed by atoms with van der Waals surface area (Å²) in [6, 6.07) is 7.82. The molecule has 0 radical (unpaired) electrons. The van der Waals surface area contributed by atoms with Crippen LogP contribution < -0.4 is 4.74 Å². The highest BCUT2D eigenvalue weighted by atomic mass is 16.5. The fourth-order valence-corrected chi connectivity index (χ4v) is 1.33. The molecule has 0 aliphatic rings. The molecule has 98 valence electrons. The van der Waals surface area contributed by atoms with Crippen LogP contribution in [0.4, 0.5) is 0 Å². The number of aromatic nitrogens is 3. The average Bonchev–Trinajstić information content (AvgIpc) is 2.85. The third-order valence-electron chi connectivity index (χ3n) is 1.95. The van der Waals surface area contributed by atoms with Crippen LogP contribution in [-0.4, -0.2) is 21.6 Å². The number of H-pyrrole nitrogens is 1. The molecule has 0 spiro atoms. The summed E-state index contributed by atoms with van der Waals surface area (Å²) in [6.45, 7) is 4.14. The Kier molecular flexibility index (Phi) is 5.72. The fourth-order valence-electron chi connectivity index (χ4n) is 1.33. The Morgan fingerprint density at radius 1 is 1.26 bits per heavy atom. The van der Waals surface area contributed by atoms with Gasteiger partial charge < -0.3 is 4.74 Å². The molecule has 1 aromatic carbocycles. The van der Waals surface area contributed by atoms with E-state index in [0.29, 0.717) is 5.88 Å². The summed E-state index contributed by atoms with van der Waals surface area (Å²) in [6.07, 6.45) is 3.89. The molecule has 0 aliphatic carbocycles. The number of hydrogen-bond donors (Lipinski definition) is 1. The third-order valence-corrected chi connectivity index (χ3v) is 1.95. The highest BCUT2D eigenvalue weighted by molar-refractivity contribution is 5.53. The molecule has 1 aromatic heterocycles. The van der Waals surface area contributed by atoms with Crippen molar-refractivity contribution in [3.05, 3.63) is 41.6 Å². The number of nitrogens with zero attached hydrogens (tertiary/aromatic N) is 2. The maximum Gasteiger partial charge on any atom is 0.373 e. The Morgan fingerprint density at radius 2 is 1.89 bits per heavy atom. The molecule has 1 heterocycles. The summed E-state index contributed by atoms with van der Waals surface area (Å²) in [4.78, 5) is 16.2. The number of aromatic amines is 1. The van der Waals surface area contributed by atoms with E-state index >= 15 is 0 Å². The van der Waals surface area contributed by atoms with E-state index in [1.54, 1.807) is 0 Å². The number of rotatable bonds is 3. The number of allylic oxidation sites excluding steroid dienone is 1. The van der Waals surface area contributed by atoms with Crippen LogP contribution in [0, 0.1) is 0 Å². The molecule has 0 unspecified atom stereocenters. The maximum absolute atomic E-state index is 8.12. The lowest BCUT2D eigenvalue weighted by Gasteiger charge is -2.01. The van der Waals surface area contributed by atoms with Crippen molar-refractivity contribution in [2.45, 2.75) is 13.8 Å². The van der Waals surface area contributed by atoms with E-state index < -0.39 is 0 Å². The number of hydrogen-bond acceptors (Lipinski definition) is 5. The van der Waals surface area contributed by atoms with Crippen molar-refractivity contribution >= 4 is 12.2 Å². The van der Waals surface area contributed by atoms with Crippen LogP contribution in [0.3, 0.4) is 0 Å². The summed E-state index contributed by atoms with van der Waals surface area (Å²) >= 11 is 0. The van der Waals surface area contributed by atoms with Crippen molar-refractivity contribution in [2.24, 2.45) is 0 Å². The Hall–Kier alpha value is -2.72. The van der Waals surface area contributed by atoms with Gasteiger partial charge in [0.25, 0.3) is 5.88 Å². The second-order valence-electron chi connectivity index (χ2n) is 3.78. The van der Waals surface area contributed by atoms with Crippen molar-refractivity contribution < 1.29 is 14.3 Å². The van der Waals surface area contributed by atoms with E-state index in [2.05, 4.69) is 35.3 Å². The summed E-state index contributed by atoms with van der Waals surface area (Å²) < 4.78 is 5.45. The van der Waals surface area contributed by atoms with E-state index in [-0.39, 0.29) is 6.15 Å². The second-order valence-corrected chi connectivity index (χ2v) is 3.78. The van der Waals surface area contributed by atoms with E-state index in [1.165, 1.54) is 11.8 Å². The van der Waals surface area contributed by atoms with Crippen molar-refractivity contribution in [1.82, 2.24) is 15.4 Å². The highest BCUT2D eigenvalue weighted by Gasteiger charge is 1.98. The lowest BCUT2D eigenvalue weighted by molar-refractivity contribution is -0.191. The van der Waals surface area contributed by atoms with Crippen LogP contribution >= 0.6 is 0 Å². The summed E-state index contributed by atoms with van der Waals surface area (Å²) in [5.74, 6) is 1.22. The minimum absolute atomic E-state index is 0.250. The zero-order valence-corrected chi connectivity index (χ0v) is 10.6. The quantitative estimate of drug-likeness (QED) is 0.915. The monoisotopic (exact) mass is 259 g/mol. The zero-order valence-electron chi connectivity index (χ0n) is 10.6. The molecule has 2 aromatic rings. The van der Waals surface area contributed by atoms with Gasteiger partial charge in [-0.2, -0.15) is 19.9 Å². The fraction of sp³-hybridized carbons (Fsp3) is 0.154. The summed E-state index contributed by atoms with van der Waals surface area (Å²) in [5, 5.41) is 9.97. The highest BCUT2D eigenvalue weighted by Crippen LogP contribution is 2.19. The molecule has 2 rings (SSSR count). The van der Waals surface area contributed by atoms with Crippen molar-refractivity contribution in [1.29, 1.82) is 0 Å². The van der Waals surface area contributed by atoms with E-state index in [0.717, 1.165) is 11.3 Å². The first-order valence-electron chi connectivity index (χ1n) is 5.43. The molecule has 6 nitrogen and oxygen atoms in total.